The SMILES string of the molecule is COc1cccc(/C=C2\SC(=O)N(CC(=O)N3CCCC[C@@H]3C)C2=O)c1OC. The highest BCUT2D eigenvalue weighted by molar-refractivity contribution is 8.18. The summed E-state index contributed by atoms with van der Waals surface area (Å²) >= 11 is 0.830. The van der Waals surface area contributed by atoms with Crippen molar-refractivity contribution in [3.05, 3.63) is 28.7 Å². The summed E-state index contributed by atoms with van der Waals surface area (Å²) in [4.78, 5) is 40.8. The fraction of sp³-hybridized carbons (Fsp3) is 0.450. The van der Waals surface area contributed by atoms with E-state index in [9.17, 15) is 14.4 Å². The summed E-state index contributed by atoms with van der Waals surface area (Å²) in [5.41, 5.74) is 0.628. The van der Waals surface area contributed by atoms with Gasteiger partial charge in [0.25, 0.3) is 11.1 Å². The van der Waals surface area contributed by atoms with Crippen LogP contribution in [0.15, 0.2) is 23.1 Å². The number of para-hydroxylation sites is 1. The third-order valence-electron chi connectivity index (χ3n) is 5.01. The summed E-state index contributed by atoms with van der Waals surface area (Å²) < 4.78 is 10.6. The molecule has 0 spiro atoms. The summed E-state index contributed by atoms with van der Waals surface area (Å²) in [5.74, 6) is 0.368. The van der Waals surface area contributed by atoms with E-state index < -0.39 is 11.1 Å². The number of nitrogens with zero attached hydrogens (tertiary/aromatic N) is 2. The highest BCUT2D eigenvalue weighted by Crippen LogP contribution is 2.37. The first-order valence-electron chi connectivity index (χ1n) is 9.22. The number of amides is 3. The zero-order chi connectivity index (χ0) is 20.3. The quantitative estimate of drug-likeness (QED) is 0.702. The van der Waals surface area contributed by atoms with Crippen molar-refractivity contribution >= 4 is 34.9 Å². The Morgan fingerprint density at radius 2 is 2.04 bits per heavy atom. The maximum Gasteiger partial charge on any atom is 0.294 e. The first-order valence-corrected chi connectivity index (χ1v) is 10.0. The van der Waals surface area contributed by atoms with Gasteiger partial charge < -0.3 is 14.4 Å². The highest BCUT2D eigenvalue weighted by atomic mass is 32.2. The van der Waals surface area contributed by atoms with Crippen LogP contribution in [0.4, 0.5) is 4.79 Å². The second-order valence-corrected chi connectivity index (χ2v) is 7.78. The van der Waals surface area contributed by atoms with Crippen molar-refractivity contribution < 1.29 is 23.9 Å². The number of carbonyl (C=O) groups is 3. The lowest BCUT2D eigenvalue weighted by Crippen LogP contribution is -2.47. The van der Waals surface area contributed by atoms with Crippen molar-refractivity contribution in [2.24, 2.45) is 0 Å². The molecule has 7 nitrogen and oxygen atoms in total. The van der Waals surface area contributed by atoms with Crippen LogP contribution in [0.25, 0.3) is 6.08 Å². The van der Waals surface area contributed by atoms with Crippen LogP contribution in [-0.2, 0) is 9.59 Å². The molecule has 0 bridgehead atoms. The van der Waals surface area contributed by atoms with Crippen molar-refractivity contribution in [3.63, 3.8) is 0 Å². The molecule has 0 saturated carbocycles. The minimum atomic E-state index is -0.460. The highest BCUT2D eigenvalue weighted by Gasteiger charge is 2.38. The Hall–Kier alpha value is -2.48. The van der Waals surface area contributed by atoms with E-state index in [-0.39, 0.29) is 23.4 Å². The number of hydrogen-bond acceptors (Lipinski definition) is 6. The monoisotopic (exact) mass is 404 g/mol. The number of piperidine rings is 1. The van der Waals surface area contributed by atoms with Crippen LogP contribution in [0.2, 0.25) is 0 Å². The molecule has 3 rings (SSSR count). The van der Waals surface area contributed by atoms with Gasteiger partial charge in [0.05, 0.1) is 19.1 Å². The molecule has 1 atom stereocenters. The van der Waals surface area contributed by atoms with Crippen LogP contribution in [0, 0.1) is 0 Å². The lowest BCUT2D eigenvalue weighted by molar-refractivity contribution is -0.138. The summed E-state index contributed by atoms with van der Waals surface area (Å²) in [7, 11) is 3.04. The fourth-order valence-electron chi connectivity index (χ4n) is 3.50. The third kappa shape index (κ3) is 4.01. The fourth-order valence-corrected chi connectivity index (χ4v) is 4.33. The number of hydrogen-bond donors (Lipinski definition) is 0. The van der Waals surface area contributed by atoms with Gasteiger partial charge in [0.15, 0.2) is 11.5 Å². The molecule has 2 aliphatic rings. The molecule has 2 heterocycles. The number of methoxy groups -OCH3 is 2. The van der Waals surface area contributed by atoms with Crippen LogP contribution in [0.5, 0.6) is 11.5 Å². The van der Waals surface area contributed by atoms with E-state index in [0.29, 0.717) is 23.6 Å². The molecule has 8 heteroatoms. The van der Waals surface area contributed by atoms with E-state index in [1.165, 1.54) is 14.2 Å². The van der Waals surface area contributed by atoms with Crippen LogP contribution in [0.1, 0.15) is 31.7 Å². The van der Waals surface area contributed by atoms with Crippen molar-refractivity contribution in [2.45, 2.75) is 32.2 Å². The van der Waals surface area contributed by atoms with Gasteiger partial charge in [0, 0.05) is 18.2 Å². The largest absolute Gasteiger partial charge is 0.493 e. The molecule has 2 fully saturated rings. The number of thioether (sulfide) groups is 1. The zero-order valence-electron chi connectivity index (χ0n) is 16.3. The van der Waals surface area contributed by atoms with Gasteiger partial charge in [-0.1, -0.05) is 12.1 Å². The summed E-state index contributed by atoms with van der Waals surface area (Å²) in [6.07, 6.45) is 4.59. The molecule has 1 aromatic carbocycles. The van der Waals surface area contributed by atoms with Crippen LogP contribution in [-0.4, -0.2) is 60.2 Å². The molecule has 0 radical (unpaired) electrons. The van der Waals surface area contributed by atoms with E-state index in [1.54, 1.807) is 29.2 Å². The molecule has 0 aromatic heterocycles. The topological polar surface area (TPSA) is 76.2 Å². The van der Waals surface area contributed by atoms with Gasteiger partial charge in [0.2, 0.25) is 5.91 Å². The minimum Gasteiger partial charge on any atom is -0.493 e. The van der Waals surface area contributed by atoms with Crippen molar-refractivity contribution in [1.29, 1.82) is 0 Å². The van der Waals surface area contributed by atoms with E-state index in [2.05, 4.69) is 0 Å². The second kappa shape index (κ2) is 8.68. The summed E-state index contributed by atoms with van der Waals surface area (Å²) in [6, 6.07) is 5.44. The number of benzene rings is 1. The van der Waals surface area contributed by atoms with Crippen molar-refractivity contribution in [2.75, 3.05) is 27.3 Å². The van der Waals surface area contributed by atoms with Gasteiger partial charge in [-0.05, 0) is 50.1 Å². The molecular formula is C20H24N2O5S. The maximum atomic E-state index is 12.7. The van der Waals surface area contributed by atoms with Gasteiger partial charge in [-0.25, -0.2) is 0 Å². The van der Waals surface area contributed by atoms with Gasteiger partial charge in [-0.2, -0.15) is 0 Å². The van der Waals surface area contributed by atoms with Gasteiger partial charge in [-0.3, -0.25) is 19.3 Å². The van der Waals surface area contributed by atoms with E-state index >= 15 is 0 Å². The van der Waals surface area contributed by atoms with E-state index in [4.69, 9.17) is 9.47 Å². The lowest BCUT2D eigenvalue weighted by atomic mass is 10.0. The molecule has 3 amide bonds. The Kier molecular flexibility index (Phi) is 6.28. The lowest BCUT2D eigenvalue weighted by Gasteiger charge is -2.34. The molecule has 2 aliphatic heterocycles. The van der Waals surface area contributed by atoms with Crippen LogP contribution in [0.3, 0.4) is 0 Å². The van der Waals surface area contributed by atoms with E-state index in [0.717, 1.165) is 35.9 Å². The molecule has 150 valence electrons. The molecule has 0 aliphatic carbocycles. The van der Waals surface area contributed by atoms with Crippen LogP contribution >= 0.6 is 11.8 Å². The summed E-state index contributed by atoms with van der Waals surface area (Å²) in [6.45, 7) is 2.45. The first-order chi connectivity index (χ1) is 13.5. The second-order valence-electron chi connectivity index (χ2n) is 6.78. The van der Waals surface area contributed by atoms with Crippen LogP contribution < -0.4 is 9.47 Å². The predicted octanol–water partition coefficient (Wildman–Crippen LogP) is 3.14. The van der Waals surface area contributed by atoms with Gasteiger partial charge in [-0.15, -0.1) is 0 Å². The summed E-state index contributed by atoms with van der Waals surface area (Å²) in [5, 5.41) is -0.434. The third-order valence-corrected chi connectivity index (χ3v) is 5.92. The van der Waals surface area contributed by atoms with E-state index in [1.807, 2.05) is 6.92 Å². The number of likely N-dealkylation sites (tertiary alicyclic amines) is 1. The van der Waals surface area contributed by atoms with Crippen molar-refractivity contribution in [1.82, 2.24) is 9.80 Å². The molecule has 0 N–H and O–H groups in total. The minimum absolute atomic E-state index is 0.137. The Balaban J connectivity index is 1.78. The first kappa shape index (κ1) is 20.3. The molecule has 28 heavy (non-hydrogen) atoms. The standard InChI is InChI=1S/C20H24N2O5S/c1-13-7-4-5-10-21(13)17(23)12-22-19(24)16(28-20(22)25)11-14-8-6-9-15(26-2)18(14)27-3/h6,8-9,11,13H,4-5,7,10,12H2,1-3H3/b16-11-/t13-/m0/s1. The normalized spacial score (nSPS) is 21.4. The average Bonchev–Trinajstić information content (AvgIpc) is 2.95. The molecular weight excluding hydrogens is 380 g/mol. The van der Waals surface area contributed by atoms with Crippen molar-refractivity contribution in [3.8, 4) is 11.5 Å². The average molecular weight is 404 g/mol. The molecule has 2 saturated heterocycles. The predicted molar refractivity (Wildman–Crippen MR) is 107 cm³/mol. The molecule has 1 aromatic rings. The molecule has 0 unspecified atom stereocenters. The van der Waals surface area contributed by atoms with Gasteiger partial charge in [0.1, 0.15) is 6.54 Å². The van der Waals surface area contributed by atoms with Gasteiger partial charge >= 0.3 is 0 Å². The number of rotatable bonds is 5. The number of imide groups is 1. The maximum absolute atomic E-state index is 12.7. The number of ether oxygens (including phenoxy) is 2. The smallest absolute Gasteiger partial charge is 0.294 e. The zero-order valence-corrected chi connectivity index (χ0v) is 17.1. The Bertz CT molecular complexity index is 823. The number of carbonyl (C=O) groups excluding carboxylic acids is 3. The Morgan fingerprint density at radius 3 is 2.71 bits per heavy atom. The Morgan fingerprint density at radius 1 is 1.25 bits per heavy atom. The Labute approximate surface area is 168 Å².